The van der Waals surface area contributed by atoms with E-state index in [9.17, 15) is 0 Å². The van der Waals surface area contributed by atoms with Crippen LogP contribution in [-0.4, -0.2) is 73.8 Å². The Morgan fingerprint density at radius 2 is 1.71 bits per heavy atom. The molecule has 0 aromatic rings. The Morgan fingerprint density at radius 3 is 2.43 bits per heavy atom. The summed E-state index contributed by atoms with van der Waals surface area (Å²) in [5, 5.41) is 3.51. The largest absolute Gasteiger partial charge is 0.378 e. The first kappa shape index (κ1) is 24.2. The maximum atomic E-state index is 6.11. The Bertz CT molecular complexity index is 434. The average Bonchev–Trinajstić information content (AvgIpc) is 3.31. The van der Waals surface area contributed by atoms with E-state index in [1.807, 2.05) is 0 Å². The Balaban J connectivity index is 0.00000280. The quantitative estimate of drug-likeness (QED) is 0.176. The van der Waals surface area contributed by atoms with Gasteiger partial charge in [-0.1, -0.05) is 25.7 Å². The van der Waals surface area contributed by atoms with Gasteiger partial charge in [0.05, 0.1) is 6.10 Å². The van der Waals surface area contributed by atoms with E-state index in [1.165, 1.54) is 70.9 Å². The normalized spacial score (nSPS) is 25.0. The van der Waals surface area contributed by atoms with E-state index in [2.05, 4.69) is 22.0 Å². The molecule has 3 rings (SSSR count). The molecule has 2 heterocycles. The van der Waals surface area contributed by atoms with Crippen molar-refractivity contribution in [1.29, 1.82) is 0 Å². The van der Waals surface area contributed by atoms with Gasteiger partial charge in [0.25, 0.3) is 0 Å². The summed E-state index contributed by atoms with van der Waals surface area (Å²) in [6, 6.07) is 0.740. The SMILES string of the molecule is CCNC(=NCCCCOC1CCCCCC1)N1CCC(N2CCCC2)C1.I. The molecule has 164 valence electrons. The number of likely N-dealkylation sites (tertiary alicyclic amines) is 2. The average molecular weight is 507 g/mol. The highest BCUT2D eigenvalue weighted by Gasteiger charge is 2.30. The molecular weight excluding hydrogens is 463 g/mol. The summed E-state index contributed by atoms with van der Waals surface area (Å²) >= 11 is 0. The van der Waals surface area contributed by atoms with E-state index in [4.69, 9.17) is 9.73 Å². The first-order chi connectivity index (χ1) is 13.4. The zero-order valence-corrected chi connectivity index (χ0v) is 20.4. The Kier molecular flexibility index (Phi) is 12.1. The van der Waals surface area contributed by atoms with Gasteiger partial charge in [-0.15, -0.1) is 24.0 Å². The Labute approximate surface area is 190 Å². The summed E-state index contributed by atoms with van der Waals surface area (Å²) in [5.41, 5.74) is 0. The fourth-order valence-electron chi connectivity index (χ4n) is 4.82. The third-order valence-electron chi connectivity index (χ3n) is 6.42. The van der Waals surface area contributed by atoms with E-state index in [1.54, 1.807) is 0 Å². The van der Waals surface area contributed by atoms with Gasteiger partial charge in [0.1, 0.15) is 0 Å². The highest BCUT2D eigenvalue weighted by atomic mass is 127. The van der Waals surface area contributed by atoms with Crippen molar-refractivity contribution >= 4 is 29.9 Å². The highest BCUT2D eigenvalue weighted by molar-refractivity contribution is 14.0. The standard InChI is InChI=1S/C22H42N4O.HI/c1-2-23-22(26-17-13-20(19-26)25-15-8-9-16-25)24-14-7-10-18-27-21-11-5-3-4-6-12-21;/h20-21H,2-19H2,1H3,(H,23,24);1H. The van der Waals surface area contributed by atoms with Gasteiger partial charge in [-0.25, -0.2) is 0 Å². The predicted octanol–water partition coefficient (Wildman–Crippen LogP) is 4.26. The highest BCUT2D eigenvalue weighted by Crippen LogP contribution is 2.21. The molecule has 1 N–H and O–H groups in total. The molecular formula is C22H43IN4O. The van der Waals surface area contributed by atoms with Crippen LogP contribution in [0.15, 0.2) is 4.99 Å². The van der Waals surface area contributed by atoms with E-state index >= 15 is 0 Å². The first-order valence-corrected chi connectivity index (χ1v) is 11.8. The van der Waals surface area contributed by atoms with Crippen molar-refractivity contribution in [3.05, 3.63) is 0 Å². The maximum absolute atomic E-state index is 6.11. The van der Waals surface area contributed by atoms with Crippen LogP contribution in [0, 0.1) is 0 Å². The molecule has 0 aromatic carbocycles. The fraction of sp³-hybridized carbons (Fsp3) is 0.955. The zero-order chi connectivity index (χ0) is 18.7. The second-order valence-electron chi connectivity index (χ2n) is 8.56. The number of ether oxygens (including phenoxy) is 1. The minimum atomic E-state index is 0. The monoisotopic (exact) mass is 506 g/mol. The lowest BCUT2D eigenvalue weighted by atomic mass is 10.1. The molecule has 1 unspecified atom stereocenters. The number of unbranched alkanes of at least 4 members (excludes halogenated alkanes) is 1. The summed E-state index contributed by atoms with van der Waals surface area (Å²) in [7, 11) is 0. The van der Waals surface area contributed by atoms with Crippen LogP contribution >= 0.6 is 24.0 Å². The van der Waals surface area contributed by atoms with Crippen molar-refractivity contribution in [1.82, 2.24) is 15.1 Å². The predicted molar refractivity (Wildman–Crippen MR) is 129 cm³/mol. The fourth-order valence-corrected chi connectivity index (χ4v) is 4.82. The molecule has 0 spiro atoms. The third kappa shape index (κ3) is 7.98. The molecule has 2 saturated heterocycles. The molecule has 3 fully saturated rings. The zero-order valence-electron chi connectivity index (χ0n) is 18.0. The van der Waals surface area contributed by atoms with Gasteiger partial charge in [-0.05, 0) is 65.0 Å². The van der Waals surface area contributed by atoms with E-state index in [0.29, 0.717) is 6.10 Å². The van der Waals surface area contributed by atoms with Crippen LogP contribution in [0.2, 0.25) is 0 Å². The van der Waals surface area contributed by atoms with Gasteiger partial charge in [0.2, 0.25) is 0 Å². The first-order valence-electron chi connectivity index (χ1n) is 11.8. The number of guanidine groups is 1. The summed E-state index contributed by atoms with van der Waals surface area (Å²) in [5.74, 6) is 1.13. The van der Waals surface area contributed by atoms with Crippen LogP contribution in [0.3, 0.4) is 0 Å². The molecule has 1 aliphatic carbocycles. The molecule has 5 nitrogen and oxygen atoms in total. The number of nitrogens with zero attached hydrogens (tertiary/aromatic N) is 3. The molecule has 0 bridgehead atoms. The molecule has 2 aliphatic heterocycles. The molecule has 28 heavy (non-hydrogen) atoms. The van der Waals surface area contributed by atoms with Gasteiger partial charge in [0, 0.05) is 38.8 Å². The smallest absolute Gasteiger partial charge is 0.193 e. The topological polar surface area (TPSA) is 40.1 Å². The van der Waals surface area contributed by atoms with Gasteiger partial charge < -0.3 is 15.0 Å². The summed E-state index contributed by atoms with van der Waals surface area (Å²) in [6.45, 7) is 9.85. The lowest BCUT2D eigenvalue weighted by Gasteiger charge is -2.25. The molecule has 1 atom stereocenters. The van der Waals surface area contributed by atoms with Crippen LogP contribution in [-0.2, 0) is 4.74 Å². The van der Waals surface area contributed by atoms with E-state index in [0.717, 1.165) is 57.6 Å². The van der Waals surface area contributed by atoms with Crippen molar-refractivity contribution in [3.63, 3.8) is 0 Å². The van der Waals surface area contributed by atoms with Crippen LogP contribution < -0.4 is 5.32 Å². The minimum Gasteiger partial charge on any atom is -0.378 e. The van der Waals surface area contributed by atoms with Crippen LogP contribution in [0.4, 0.5) is 0 Å². The maximum Gasteiger partial charge on any atom is 0.193 e. The molecule has 1 saturated carbocycles. The van der Waals surface area contributed by atoms with E-state index < -0.39 is 0 Å². The lowest BCUT2D eigenvalue weighted by molar-refractivity contribution is 0.0412. The van der Waals surface area contributed by atoms with Crippen molar-refractivity contribution in [2.75, 3.05) is 45.9 Å². The minimum absolute atomic E-state index is 0. The second kappa shape index (κ2) is 14.0. The van der Waals surface area contributed by atoms with Crippen molar-refractivity contribution in [3.8, 4) is 0 Å². The van der Waals surface area contributed by atoms with Crippen molar-refractivity contribution in [2.45, 2.75) is 89.7 Å². The third-order valence-corrected chi connectivity index (χ3v) is 6.42. The lowest BCUT2D eigenvalue weighted by Crippen LogP contribution is -2.42. The summed E-state index contributed by atoms with van der Waals surface area (Å²) in [6.07, 6.45) is 14.9. The van der Waals surface area contributed by atoms with E-state index in [-0.39, 0.29) is 24.0 Å². The van der Waals surface area contributed by atoms with Crippen LogP contribution in [0.1, 0.15) is 77.6 Å². The molecule has 0 radical (unpaired) electrons. The van der Waals surface area contributed by atoms with Crippen molar-refractivity contribution in [2.24, 2.45) is 4.99 Å². The van der Waals surface area contributed by atoms with Gasteiger partial charge in [0.15, 0.2) is 5.96 Å². The van der Waals surface area contributed by atoms with Crippen LogP contribution in [0.5, 0.6) is 0 Å². The number of aliphatic imine (C=N–C) groups is 1. The molecule has 0 aromatic heterocycles. The van der Waals surface area contributed by atoms with Gasteiger partial charge >= 0.3 is 0 Å². The summed E-state index contributed by atoms with van der Waals surface area (Å²) < 4.78 is 6.11. The van der Waals surface area contributed by atoms with Crippen molar-refractivity contribution < 1.29 is 4.74 Å². The van der Waals surface area contributed by atoms with Crippen LogP contribution in [0.25, 0.3) is 0 Å². The summed E-state index contributed by atoms with van der Waals surface area (Å²) in [4.78, 5) is 10.1. The number of hydrogen-bond donors (Lipinski definition) is 1. The second-order valence-corrected chi connectivity index (χ2v) is 8.56. The molecule has 6 heteroatoms. The molecule has 3 aliphatic rings. The number of hydrogen-bond acceptors (Lipinski definition) is 3. The Hall–Kier alpha value is -0.0800. The number of rotatable bonds is 8. The number of halogens is 1. The Morgan fingerprint density at radius 1 is 0.964 bits per heavy atom. The number of nitrogens with one attached hydrogen (secondary N) is 1. The molecule has 0 amide bonds. The van der Waals surface area contributed by atoms with Gasteiger partial charge in [-0.3, -0.25) is 9.89 Å². The van der Waals surface area contributed by atoms with Gasteiger partial charge in [-0.2, -0.15) is 0 Å².